The van der Waals surface area contributed by atoms with Crippen LogP contribution in [-0.4, -0.2) is 22.0 Å². The van der Waals surface area contributed by atoms with Crippen molar-refractivity contribution in [2.24, 2.45) is 0 Å². The lowest BCUT2D eigenvalue weighted by atomic mass is 10.0. The topological polar surface area (TPSA) is 104 Å². The van der Waals surface area contributed by atoms with Gasteiger partial charge in [-0.25, -0.2) is 5.10 Å². The third-order valence-corrected chi connectivity index (χ3v) is 3.43. The average molecular weight is 298 g/mol. The number of aromatic amines is 1. The molecule has 0 saturated heterocycles. The SMILES string of the molecule is O=C1CCc2cc(CNC(=O)c3ccc(=O)[nH]n3)ccc2N1. The lowest BCUT2D eigenvalue weighted by Crippen LogP contribution is -2.25. The second kappa shape index (κ2) is 5.80. The largest absolute Gasteiger partial charge is 0.347 e. The molecule has 7 nitrogen and oxygen atoms in total. The van der Waals surface area contributed by atoms with Crippen LogP contribution < -0.4 is 16.2 Å². The van der Waals surface area contributed by atoms with Crippen LogP contribution in [0.25, 0.3) is 0 Å². The van der Waals surface area contributed by atoms with E-state index in [9.17, 15) is 14.4 Å². The third-order valence-electron chi connectivity index (χ3n) is 3.43. The molecule has 3 N–H and O–H groups in total. The molecule has 0 unspecified atom stereocenters. The number of rotatable bonds is 3. The first-order valence-electron chi connectivity index (χ1n) is 6.87. The van der Waals surface area contributed by atoms with Crippen molar-refractivity contribution >= 4 is 17.5 Å². The molecular weight excluding hydrogens is 284 g/mol. The molecule has 7 heteroatoms. The number of amides is 2. The zero-order chi connectivity index (χ0) is 15.5. The van der Waals surface area contributed by atoms with Gasteiger partial charge >= 0.3 is 0 Å². The number of nitrogens with zero attached hydrogens (tertiary/aromatic N) is 1. The predicted octanol–water partition coefficient (Wildman–Crippen LogP) is 0.585. The number of hydrogen-bond acceptors (Lipinski definition) is 4. The summed E-state index contributed by atoms with van der Waals surface area (Å²) in [6, 6.07) is 8.28. The quantitative estimate of drug-likeness (QED) is 0.771. The van der Waals surface area contributed by atoms with Crippen LogP contribution in [0.5, 0.6) is 0 Å². The fraction of sp³-hybridized carbons (Fsp3) is 0.200. The molecule has 2 aromatic rings. The van der Waals surface area contributed by atoms with E-state index in [2.05, 4.69) is 20.8 Å². The highest BCUT2D eigenvalue weighted by Crippen LogP contribution is 2.23. The van der Waals surface area contributed by atoms with Gasteiger partial charge in [0.2, 0.25) is 5.91 Å². The summed E-state index contributed by atoms with van der Waals surface area (Å²) in [5.41, 5.74) is 2.63. The minimum absolute atomic E-state index is 0.0256. The number of carbonyl (C=O) groups excluding carboxylic acids is 2. The molecule has 0 fully saturated rings. The van der Waals surface area contributed by atoms with Crippen LogP contribution in [0.15, 0.2) is 35.1 Å². The molecule has 112 valence electrons. The number of fused-ring (bicyclic) bond motifs is 1. The van der Waals surface area contributed by atoms with Crippen LogP contribution in [0.4, 0.5) is 5.69 Å². The second-order valence-electron chi connectivity index (χ2n) is 5.03. The van der Waals surface area contributed by atoms with Gasteiger partial charge in [0.1, 0.15) is 5.69 Å². The van der Waals surface area contributed by atoms with Crippen LogP contribution >= 0.6 is 0 Å². The number of anilines is 1. The van der Waals surface area contributed by atoms with Crippen LogP contribution in [0, 0.1) is 0 Å². The molecule has 2 amide bonds. The fourth-order valence-corrected chi connectivity index (χ4v) is 2.29. The van der Waals surface area contributed by atoms with Crippen LogP contribution in [0.1, 0.15) is 28.0 Å². The van der Waals surface area contributed by atoms with Crippen LogP contribution in [0.2, 0.25) is 0 Å². The van der Waals surface area contributed by atoms with Gasteiger partial charge in [0.05, 0.1) is 0 Å². The van der Waals surface area contributed by atoms with E-state index in [1.807, 2.05) is 18.2 Å². The molecular formula is C15H14N4O3. The van der Waals surface area contributed by atoms with E-state index >= 15 is 0 Å². The maximum atomic E-state index is 11.9. The maximum absolute atomic E-state index is 11.9. The Morgan fingerprint density at radius 2 is 2.05 bits per heavy atom. The highest BCUT2D eigenvalue weighted by atomic mass is 16.2. The van der Waals surface area contributed by atoms with Crippen molar-refractivity contribution in [2.75, 3.05) is 5.32 Å². The molecule has 1 aliphatic rings. The van der Waals surface area contributed by atoms with Gasteiger partial charge in [-0.2, -0.15) is 5.10 Å². The standard InChI is InChI=1S/C15H14N4O3/c20-13-5-2-10-7-9(1-3-11(10)17-13)8-16-15(22)12-4-6-14(21)19-18-12/h1,3-4,6-7H,2,5,8H2,(H,16,22)(H,17,20)(H,19,21). The second-order valence-corrected chi connectivity index (χ2v) is 5.03. The van der Waals surface area contributed by atoms with Gasteiger partial charge in [-0.3, -0.25) is 14.4 Å². The monoisotopic (exact) mass is 298 g/mol. The summed E-state index contributed by atoms with van der Waals surface area (Å²) in [4.78, 5) is 34.1. The van der Waals surface area contributed by atoms with Gasteiger partial charge in [0.25, 0.3) is 11.5 Å². The molecule has 0 radical (unpaired) electrons. The molecule has 2 heterocycles. The Balaban J connectivity index is 1.66. The molecule has 1 aromatic carbocycles. The lowest BCUT2D eigenvalue weighted by Gasteiger charge is -2.17. The van der Waals surface area contributed by atoms with Crippen LogP contribution in [0.3, 0.4) is 0 Å². The number of aromatic nitrogens is 2. The van der Waals surface area contributed by atoms with Crippen molar-refractivity contribution in [3.05, 3.63) is 57.5 Å². The Kier molecular flexibility index (Phi) is 3.69. The molecule has 22 heavy (non-hydrogen) atoms. The highest BCUT2D eigenvalue weighted by Gasteiger charge is 2.15. The third kappa shape index (κ3) is 3.03. The van der Waals surface area contributed by atoms with Crippen LogP contribution in [-0.2, 0) is 17.8 Å². The maximum Gasteiger partial charge on any atom is 0.271 e. The molecule has 1 aromatic heterocycles. The minimum Gasteiger partial charge on any atom is -0.347 e. The molecule has 0 saturated carbocycles. The van der Waals surface area contributed by atoms with Gasteiger partial charge in [0.15, 0.2) is 0 Å². The number of benzene rings is 1. The fourth-order valence-electron chi connectivity index (χ4n) is 2.29. The van der Waals surface area contributed by atoms with Gasteiger partial charge in [-0.1, -0.05) is 12.1 Å². The van der Waals surface area contributed by atoms with Gasteiger partial charge in [0, 0.05) is 24.7 Å². The van der Waals surface area contributed by atoms with E-state index in [1.165, 1.54) is 12.1 Å². The van der Waals surface area contributed by atoms with E-state index in [0.29, 0.717) is 19.4 Å². The first-order valence-corrected chi connectivity index (χ1v) is 6.87. The molecule has 0 aliphatic carbocycles. The highest BCUT2D eigenvalue weighted by molar-refractivity contribution is 5.94. The Morgan fingerprint density at radius 1 is 1.18 bits per heavy atom. The van der Waals surface area contributed by atoms with E-state index < -0.39 is 0 Å². The Bertz CT molecular complexity index is 777. The normalized spacial score (nSPS) is 13.2. The summed E-state index contributed by atoms with van der Waals surface area (Å²) < 4.78 is 0. The number of H-pyrrole nitrogens is 1. The van der Waals surface area contributed by atoms with E-state index in [0.717, 1.165) is 16.8 Å². The van der Waals surface area contributed by atoms with Crippen molar-refractivity contribution < 1.29 is 9.59 Å². The first kappa shape index (κ1) is 14.0. The Labute approximate surface area is 125 Å². The summed E-state index contributed by atoms with van der Waals surface area (Å²) in [7, 11) is 0. The smallest absolute Gasteiger partial charge is 0.271 e. The molecule has 0 bridgehead atoms. The number of hydrogen-bond donors (Lipinski definition) is 3. The van der Waals surface area contributed by atoms with E-state index in [-0.39, 0.29) is 23.1 Å². The van der Waals surface area contributed by atoms with Crippen molar-refractivity contribution in [2.45, 2.75) is 19.4 Å². The summed E-state index contributed by atoms with van der Waals surface area (Å²) in [6.07, 6.45) is 1.18. The van der Waals surface area contributed by atoms with E-state index in [4.69, 9.17) is 0 Å². The summed E-state index contributed by atoms with van der Waals surface area (Å²) in [5.74, 6) is -0.333. The van der Waals surface area contributed by atoms with Crippen molar-refractivity contribution in [1.29, 1.82) is 0 Å². The van der Waals surface area contributed by atoms with Gasteiger partial charge in [-0.15, -0.1) is 0 Å². The van der Waals surface area contributed by atoms with E-state index in [1.54, 1.807) is 0 Å². The zero-order valence-corrected chi connectivity index (χ0v) is 11.7. The summed E-state index contributed by atoms with van der Waals surface area (Å²) in [6.45, 7) is 0.348. The number of aryl methyl sites for hydroxylation is 1. The van der Waals surface area contributed by atoms with Gasteiger partial charge in [-0.05, 0) is 29.7 Å². The lowest BCUT2D eigenvalue weighted by molar-refractivity contribution is -0.116. The Morgan fingerprint density at radius 3 is 2.82 bits per heavy atom. The number of carbonyl (C=O) groups is 2. The molecule has 1 aliphatic heterocycles. The number of nitrogens with one attached hydrogen (secondary N) is 3. The first-order chi connectivity index (χ1) is 10.6. The summed E-state index contributed by atoms with van der Waals surface area (Å²) >= 11 is 0. The predicted molar refractivity (Wildman–Crippen MR) is 79.4 cm³/mol. The van der Waals surface area contributed by atoms with Gasteiger partial charge < -0.3 is 10.6 Å². The average Bonchev–Trinajstić information content (AvgIpc) is 2.53. The van der Waals surface area contributed by atoms with Crippen molar-refractivity contribution in [3.63, 3.8) is 0 Å². The molecule has 0 spiro atoms. The van der Waals surface area contributed by atoms with Crippen molar-refractivity contribution in [3.8, 4) is 0 Å². The molecule has 3 rings (SSSR count). The minimum atomic E-state index is -0.359. The molecule has 0 atom stereocenters. The zero-order valence-electron chi connectivity index (χ0n) is 11.7. The Hall–Kier alpha value is -2.96. The van der Waals surface area contributed by atoms with Crippen molar-refractivity contribution in [1.82, 2.24) is 15.5 Å². The summed E-state index contributed by atoms with van der Waals surface area (Å²) in [5, 5.41) is 11.4.